The van der Waals surface area contributed by atoms with Gasteiger partial charge in [-0.1, -0.05) is 20.8 Å². The third-order valence-electron chi connectivity index (χ3n) is 2.38. The summed E-state index contributed by atoms with van der Waals surface area (Å²) in [4.78, 5) is 20.2. The predicted molar refractivity (Wildman–Crippen MR) is 76.4 cm³/mol. The number of aromatic amines is 1. The largest absolute Gasteiger partial charge is 0.343 e. The summed E-state index contributed by atoms with van der Waals surface area (Å²) >= 11 is 4.70. The summed E-state index contributed by atoms with van der Waals surface area (Å²) in [6.45, 7) is 6.15. The molecule has 0 unspecified atom stereocenters. The molecule has 0 aliphatic rings. The van der Waals surface area contributed by atoms with E-state index in [2.05, 4.69) is 36.1 Å². The lowest BCUT2D eigenvalue weighted by molar-refractivity contribution is 0.536. The van der Waals surface area contributed by atoms with Crippen molar-refractivity contribution in [2.75, 3.05) is 0 Å². The molecular formula is C11H14BrN5OS. The summed E-state index contributed by atoms with van der Waals surface area (Å²) in [5, 5.41) is 7.65. The second-order valence-corrected chi connectivity index (χ2v) is 6.87. The highest BCUT2D eigenvalue weighted by Gasteiger charge is 2.19. The molecule has 0 saturated heterocycles. The Morgan fingerprint density at radius 3 is 2.58 bits per heavy atom. The number of nitrogens with one attached hydrogen (secondary N) is 1. The number of rotatable bonds is 2. The Kier molecular flexibility index (Phi) is 3.82. The SMILES string of the molecule is Cn1c(Sc2cc(Br)nc(C(C)(C)C)n2)n[nH]c1=O. The summed E-state index contributed by atoms with van der Waals surface area (Å²) in [6, 6.07) is 1.80. The maximum absolute atomic E-state index is 11.3. The molecule has 2 aromatic heterocycles. The van der Waals surface area contributed by atoms with Crippen molar-refractivity contribution < 1.29 is 0 Å². The summed E-state index contributed by atoms with van der Waals surface area (Å²) in [5.41, 5.74) is -0.386. The van der Waals surface area contributed by atoms with Crippen molar-refractivity contribution >= 4 is 27.7 Å². The van der Waals surface area contributed by atoms with E-state index in [0.29, 0.717) is 5.16 Å². The lowest BCUT2D eigenvalue weighted by atomic mass is 9.96. The smallest absolute Gasteiger partial charge is 0.273 e. The highest BCUT2D eigenvalue weighted by Crippen LogP contribution is 2.28. The fourth-order valence-corrected chi connectivity index (χ4v) is 2.64. The van der Waals surface area contributed by atoms with Crippen LogP contribution in [0.2, 0.25) is 0 Å². The van der Waals surface area contributed by atoms with Gasteiger partial charge in [-0.15, -0.1) is 5.10 Å². The molecule has 0 aliphatic carbocycles. The molecular weight excluding hydrogens is 330 g/mol. The minimum atomic E-state index is -0.244. The molecule has 19 heavy (non-hydrogen) atoms. The maximum Gasteiger partial charge on any atom is 0.343 e. The first-order valence-electron chi connectivity index (χ1n) is 5.61. The minimum Gasteiger partial charge on any atom is -0.273 e. The maximum atomic E-state index is 11.3. The summed E-state index contributed by atoms with van der Waals surface area (Å²) in [7, 11) is 1.66. The Balaban J connectivity index is 2.38. The van der Waals surface area contributed by atoms with E-state index in [9.17, 15) is 4.79 Å². The van der Waals surface area contributed by atoms with Crippen LogP contribution in [0.1, 0.15) is 26.6 Å². The van der Waals surface area contributed by atoms with Crippen molar-refractivity contribution in [2.45, 2.75) is 36.4 Å². The van der Waals surface area contributed by atoms with E-state index in [1.807, 2.05) is 20.8 Å². The summed E-state index contributed by atoms with van der Waals surface area (Å²) in [5.74, 6) is 0.741. The second kappa shape index (κ2) is 5.09. The van der Waals surface area contributed by atoms with Gasteiger partial charge in [-0.05, 0) is 27.7 Å². The van der Waals surface area contributed by atoms with Crippen molar-refractivity contribution in [3.8, 4) is 0 Å². The molecule has 0 aromatic carbocycles. The molecule has 6 nitrogen and oxygen atoms in total. The van der Waals surface area contributed by atoms with Gasteiger partial charge in [0.2, 0.25) is 0 Å². The molecule has 0 fully saturated rings. The Morgan fingerprint density at radius 2 is 2.05 bits per heavy atom. The molecule has 2 heterocycles. The van der Waals surface area contributed by atoms with Crippen molar-refractivity contribution in [3.05, 3.63) is 27.0 Å². The summed E-state index contributed by atoms with van der Waals surface area (Å²) < 4.78 is 2.16. The van der Waals surface area contributed by atoms with Crippen LogP contribution in [-0.2, 0) is 12.5 Å². The normalized spacial score (nSPS) is 11.8. The second-order valence-electron chi connectivity index (χ2n) is 5.07. The third kappa shape index (κ3) is 3.24. The average molecular weight is 344 g/mol. The zero-order valence-electron chi connectivity index (χ0n) is 11.1. The van der Waals surface area contributed by atoms with Crippen LogP contribution >= 0.6 is 27.7 Å². The van der Waals surface area contributed by atoms with Crippen molar-refractivity contribution in [3.63, 3.8) is 0 Å². The predicted octanol–water partition coefficient (Wildman–Crippen LogP) is 2.11. The van der Waals surface area contributed by atoms with E-state index in [4.69, 9.17) is 0 Å². The van der Waals surface area contributed by atoms with Gasteiger partial charge in [0, 0.05) is 18.5 Å². The Hall–Kier alpha value is -1.15. The average Bonchev–Trinajstić information content (AvgIpc) is 2.59. The molecule has 2 rings (SSSR count). The monoisotopic (exact) mass is 343 g/mol. The van der Waals surface area contributed by atoms with Gasteiger partial charge in [0.1, 0.15) is 15.5 Å². The van der Waals surface area contributed by atoms with Crippen LogP contribution in [0.5, 0.6) is 0 Å². The van der Waals surface area contributed by atoms with Gasteiger partial charge in [-0.3, -0.25) is 4.57 Å². The zero-order valence-corrected chi connectivity index (χ0v) is 13.5. The van der Waals surface area contributed by atoms with E-state index in [-0.39, 0.29) is 11.1 Å². The first-order valence-corrected chi connectivity index (χ1v) is 7.22. The van der Waals surface area contributed by atoms with E-state index in [1.165, 1.54) is 16.3 Å². The van der Waals surface area contributed by atoms with Crippen LogP contribution in [0.25, 0.3) is 0 Å². The van der Waals surface area contributed by atoms with E-state index in [0.717, 1.165) is 15.5 Å². The topological polar surface area (TPSA) is 76.5 Å². The van der Waals surface area contributed by atoms with Gasteiger partial charge in [0.05, 0.1) is 0 Å². The van der Waals surface area contributed by atoms with Crippen LogP contribution < -0.4 is 5.69 Å². The lowest BCUT2D eigenvalue weighted by Crippen LogP contribution is -2.16. The van der Waals surface area contributed by atoms with Crippen LogP contribution in [0, 0.1) is 0 Å². The first kappa shape index (κ1) is 14.3. The molecule has 0 bridgehead atoms. The molecule has 1 N–H and O–H groups in total. The fraction of sp³-hybridized carbons (Fsp3) is 0.455. The molecule has 0 aliphatic heterocycles. The van der Waals surface area contributed by atoms with Gasteiger partial charge in [0.25, 0.3) is 0 Å². The number of hydrogen-bond donors (Lipinski definition) is 1. The molecule has 102 valence electrons. The standard InChI is InChI=1S/C11H14BrN5OS/c1-11(2,3)8-13-6(12)5-7(14-8)19-10-16-15-9(18)17(10)4/h5H,1-4H3,(H,15,18). The molecule has 0 spiro atoms. The van der Waals surface area contributed by atoms with Gasteiger partial charge < -0.3 is 0 Å². The van der Waals surface area contributed by atoms with E-state index >= 15 is 0 Å². The number of H-pyrrole nitrogens is 1. The first-order chi connectivity index (χ1) is 8.77. The van der Waals surface area contributed by atoms with Crippen LogP contribution in [0.3, 0.4) is 0 Å². The van der Waals surface area contributed by atoms with Gasteiger partial charge >= 0.3 is 5.69 Å². The fourth-order valence-electron chi connectivity index (χ4n) is 1.30. The minimum absolute atomic E-state index is 0.142. The highest BCUT2D eigenvalue weighted by molar-refractivity contribution is 9.10. The zero-order chi connectivity index (χ0) is 14.2. The molecule has 0 amide bonds. The van der Waals surface area contributed by atoms with Crippen LogP contribution in [0.15, 0.2) is 25.6 Å². The van der Waals surface area contributed by atoms with Gasteiger partial charge in [0.15, 0.2) is 5.16 Å². The van der Waals surface area contributed by atoms with Crippen LogP contribution in [-0.4, -0.2) is 24.7 Å². The Bertz CT molecular complexity index is 658. The molecule has 2 aromatic rings. The third-order valence-corrected chi connectivity index (χ3v) is 3.75. The quantitative estimate of drug-likeness (QED) is 0.845. The highest BCUT2D eigenvalue weighted by atomic mass is 79.9. The summed E-state index contributed by atoms with van der Waals surface area (Å²) in [6.07, 6.45) is 0. The van der Waals surface area contributed by atoms with Crippen molar-refractivity contribution in [2.24, 2.45) is 7.05 Å². The van der Waals surface area contributed by atoms with Crippen molar-refractivity contribution in [1.82, 2.24) is 24.7 Å². The van der Waals surface area contributed by atoms with Gasteiger partial charge in [-0.2, -0.15) is 0 Å². The molecule has 8 heteroatoms. The number of hydrogen-bond acceptors (Lipinski definition) is 5. The lowest BCUT2D eigenvalue weighted by Gasteiger charge is -2.17. The van der Waals surface area contributed by atoms with Gasteiger partial charge in [-0.25, -0.2) is 19.9 Å². The van der Waals surface area contributed by atoms with Crippen molar-refractivity contribution in [1.29, 1.82) is 0 Å². The number of halogens is 1. The van der Waals surface area contributed by atoms with Crippen LogP contribution in [0.4, 0.5) is 0 Å². The Labute approximate surface area is 123 Å². The number of aromatic nitrogens is 5. The Morgan fingerprint density at radius 1 is 1.37 bits per heavy atom. The van der Waals surface area contributed by atoms with E-state index in [1.54, 1.807) is 13.1 Å². The molecule has 0 radical (unpaired) electrons. The number of nitrogens with zero attached hydrogens (tertiary/aromatic N) is 4. The van der Waals surface area contributed by atoms with E-state index < -0.39 is 0 Å². The molecule has 0 saturated carbocycles. The molecule has 0 atom stereocenters.